The zero-order chi connectivity index (χ0) is 8.81. The van der Waals surface area contributed by atoms with Crippen molar-refractivity contribution >= 4 is 11.6 Å². The number of halogens is 1. The average Bonchev–Trinajstić information content (AvgIpc) is 2.15. The lowest BCUT2D eigenvalue weighted by molar-refractivity contribution is 0.0758. The molecule has 0 radical (unpaired) electrons. The molecule has 0 saturated heterocycles. The molecular weight excluding hydrogens is 174 g/mol. The maximum Gasteiger partial charge on any atom is 0.113 e. The Morgan fingerprint density at radius 2 is 2.42 bits per heavy atom. The number of ether oxygens (including phenoxy) is 1. The van der Waals surface area contributed by atoms with Crippen molar-refractivity contribution in [3.63, 3.8) is 0 Å². The van der Waals surface area contributed by atoms with Gasteiger partial charge in [0.05, 0.1) is 11.6 Å². The van der Waals surface area contributed by atoms with Crippen molar-refractivity contribution in [1.82, 2.24) is 4.98 Å². The van der Waals surface area contributed by atoms with Crippen LogP contribution in [0.1, 0.15) is 18.7 Å². The third kappa shape index (κ3) is 2.47. The minimum absolute atomic E-state index is 0.0714. The van der Waals surface area contributed by atoms with Crippen molar-refractivity contribution in [1.29, 1.82) is 0 Å². The van der Waals surface area contributed by atoms with E-state index in [1.807, 2.05) is 25.1 Å². The molecule has 0 saturated carbocycles. The minimum Gasteiger partial charge on any atom is -0.371 e. The number of hydrogen-bond acceptors (Lipinski definition) is 2. The van der Waals surface area contributed by atoms with E-state index in [0.29, 0.717) is 12.5 Å². The van der Waals surface area contributed by atoms with Crippen LogP contribution in [-0.4, -0.2) is 17.5 Å². The zero-order valence-electron chi connectivity index (χ0n) is 7.03. The van der Waals surface area contributed by atoms with E-state index < -0.39 is 0 Å². The van der Waals surface area contributed by atoms with Crippen molar-refractivity contribution in [2.45, 2.75) is 13.0 Å². The second kappa shape index (κ2) is 5.12. The van der Waals surface area contributed by atoms with E-state index in [4.69, 9.17) is 16.3 Å². The molecule has 1 heterocycles. The van der Waals surface area contributed by atoms with Gasteiger partial charge in [-0.15, -0.1) is 11.6 Å². The van der Waals surface area contributed by atoms with Crippen molar-refractivity contribution in [2.24, 2.45) is 0 Å². The van der Waals surface area contributed by atoms with Crippen LogP contribution in [0.2, 0.25) is 0 Å². The largest absolute Gasteiger partial charge is 0.371 e. The van der Waals surface area contributed by atoms with Gasteiger partial charge in [0, 0.05) is 12.8 Å². The lowest BCUT2D eigenvalue weighted by Crippen LogP contribution is -2.07. The molecule has 1 unspecified atom stereocenters. The van der Waals surface area contributed by atoms with Crippen molar-refractivity contribution in [2.75, 3.05) is 12.5 Å². The van der Waals surface area contributed by atoms with Gasteiger partial charge in [0.1, 0.15) is 6.10 Å². The van der Waals surface area contributed by atoms with Gasteiger partial charge in [0.25, 0.3) is 0 Å². The van der Waals surface area contributed by atoms with Gasteiger partial charge in [0.2, 0.25) is 0 Å². The van der Waals surface area contributed by atoms with E-state index in [0.717, 1.165) is 5.69 Å². The molecule has 1 aromatic heterocycles. The fourth-order valence-corrected chi connectivity index (χ4v) is 1.22. The lowest BCUT2D eigenvalue weighted by Gasteiger charge is -2.12. The smallest absolute Gasteiger partial charge is 0.113 e. The number of aromatic nitrogens is 1. The van der Waals surface area contributed by atoms with Crippen LogP contribution < -0.4 is 0 Å². The van der Waals surface area contributed by atoms with Crippen LogP contribution in [0.3, 0.4) is 0 Å². The first-order valence-electron chi connectivity index (χ1n) is 3.97. The highest BCUT2D eigenvalue weighted by Crippen LogP contribution is 2.15. The quantitative estimate of drug-likeness (QED) is 0.673. The molecule has 2 nitrogen and oxygen atoms in total. The molecule has 0 spiro atoms. The summed E-state index contributed by atoms with van der Waals surface area (Å²) in [6.45, 7) is 2.61. The van der Waals surface area contributed by atoms with Gasteiger partial charge in [-0.3, -0.25) is 4.98 Å². The van der Waals surface area contributed by atoms with Gasteiger partial charge >= 0.3 is 0 Å². The van der Waals surface area contributed by atoms with Crippen LogP contribution in [0, 0.1) is 0 Å². The highest BCUT2D eigenvalue weighted by Gasteiger charge is 2.09. The number of hydrogen-bond donors (Lipinski definition) is 0. The molecule has 3 heteroatoms. The monoisotopic (exact) mass is 185 g/mol. The van der Waals surface area contributed by atoms with Gasteiger partial charge in [-0.2, -0.15) is 0 Å². The first-order valence-corrected chi connectivity index (χ1v) is 4.50. The Kier molecular flexibility index (Phi) is 4.05. The molecule has 0 amide bonds. The first kappa shape index (κ1) is 9.49. The van der Waals surface area contributed by atoms with Crippen molar-refractivity contribution in [3.05, 3.63) is 30.1 Å². The molecule has 0 aliphatic carbocycles. The molecule has 0 fully saturated rings. The maximum atomic E-state index is 5.72. The van der Waals surface area contributed by atoms with E-state index in [9.17, 15) is 0 Å². The van der Waals surface area contributed by atoms with Crippen molar-refractivity contribution in [3.8, 4) is 0 Å². The Morgan fingerprint density at radius 1 is 1.58 bits per heavy atom. The molecule has 0 aromatic carbocycles. The summed E-state index contributed by atoms with van der Waals surface area (Å²) in [6.07, 6.45) is 1.67. The van der Waals surface area contributed by atoms with E-state index in [1.54, 1.807) is 6.20 Å². The summed E-state index contributed by atoms with van der Waals surface area (Å²) in [5.41, 5.74) is 0.898. The Balaban J connectivity index is 2.66. The predicted octanol–water partition coefficient (Wildman–Crippen LogP) is 2.40. The van der Waals surface area contributed by atoms with Gasteiger partial charge < -0.3 is 4.74 Å². The molecule has 0 bridgehead atoms. The Labute approximate surface area is 77.5 Å². The topological polar surface area (TPSA) is 22.1 Å². The average molecular weight is 186 g/mol. The summed E-state index contributed by atoms with van der Waals surface area (Å²) in [6, 6.07) is 5.73. The minimum atomic E-state index is -0.0714. The molecule has 0 N–H and O–H groups in total. The highest BCUT2D eigenvalue weighted by molar-refractivity contribution is 6.18. The summed E-state index contributed by atoms with van der Waals surface area (Å²) in [4.78, 5) is 4.16. The lowest BCUT2D eigenvalue weighted by atomic mass is 10.2. The Morgan fingerprint density at radius 3 is 2.92 bits per heavy atom. The van der Waals surface area contributed by atoms with E-state index in [1.165, 1.54) is 0 Å². The Hall–Kier alpha value is -0.600. The maximum absolute atomic E-state index is 5.72. The third-order valence-corrected chi connectivity index (χ3v) is 1.81. The standard InChI is InChI=1S/C9H12ClNO/c1-2-12-9(7-10)8-5-3-4-6-11-8/h3-6,9H,2,7H2,1H3. The van der Waals surface area contributed by atoms with Crippen molar-refractivity contribution < 1.29 is 4.74 Å². The highest BCUT2D eigenvalue weighted by atomic mass is 35.5. The third-order valence-electron chi connectivity index (χ3n) is 1.53. The molecule has 12 heavy (non-hydrogen) atoms. The molecule has 1 aromatic rings. The second-order valence-electron chi connectivity index (χ2n) is 2.35. The van der Waals surface area contributed by atoms with E-state index >= 15 is 0 Å². The Bertz CT molecular complexity index is 215. The number of pyridine rings is 1. The number of alkyl halides is 1. The van der Waals surface area contributed by atoms with Crippen LogP contribution in [0.5, 0.6) is 0 Å². The first-order chi connectivity index (χ1) is 5.88. The van der Waals surface area contributed by atoms with Gasteiger partial charge in [0.15, 0.2) is 0 Å². The normalized spacial score (nSPS) is 12.8. The summed E-state index contributed by atoms with van der Waals surface area (Å²) < 4.78 is 5.38. The summed E-state index contributed by atoms with van der Waals surface area (Å²) in [7, 11) is 0. The van der Waals surface area contributed by atoms with E-state index in [-0.39, 0.29) is 6.10 Å². The molecule has 66 valence electrons. The summed E-state index contributed by atoms with van der Waals surface area (Å²) in [5, 5.41) is 0. The van der Waals surface area contributed by atoms with Crippen LogP contribution >= 0.6 is 11.6 Å². The molecular formula is C9H12ClNO. The fourth-order valence-electron chi connectivity index (χ4n) is 0.977. The zero-order valence-corrected chi connectivity index (χ0v) is 7.79. The predicted molar refractivity (Wildman–Crippen MR) is 49.3 cm³/mol. The van der Waals surface area contributed by atoms with Crippen LogP contribution in [-0.2, 0) is 4.74 Å². The molecule has 1 rings (SSSR count). The van der Waals surface area contributed by atoms with Crippen LogP contribution in [0.4, 0.5) is 0 Å². The SMILES string of the molecule is CCOC(CCl)c1ccccn1. The molecule has 1 atom stereocenters. The van der Waals surface area contributed by atoms with Crippen LogP contribution in [0.15, 0.2) is 24.4 Å². The van der Waals surface area contributed by atoms with Gasteiger partial charge in [-0.25, -0.2) is 0 Å². The summed E-state index contributed by atoms with van der Waals surface area (Å²) >= 11 is 5.72. The second-order valence-corrected chi connectivity index (χ2v) is 2.66. The number of nitrogens with zero attached hydrogens (tertiary/aromatic N) is 1. The van der Waals surface area contributed by atoms with Gasteiger partial charge in [-0.1, -0.05) is 6.07 Å². The van der Waals surface area contributed by atoms with Crippen LogP contribution in [0.25, 0.3) is 0 Å². The molecule has 0 aliphatic rings. The van der Waals surface area contributed by atoms with E-state index in [2.05, 4.69) is 4.98 Å². The number of rotatable bonds is 4. The fraction of sp³-hybridized carbons (Fsp3) is 0.444. The summed E-state index contributed by atoms with van der Waals surface area (Å²) in [5.74, 6) is 0.449. The van der Waals surface area contributed by atoms with Gasteiger partial charge in [-0.05, 0) is 19.1 Å². The molecule has 0 aliphatic heterocycles.